The molecule has 0 aromatic rings. The summed E-state index contributed by atoms with van der Waals surface area (Å²) < 4.78 is 10.9. The molecule has 2 bridgehead atoms. The number of ether oxygens (including phenoxy) is 2. The van der Waals surface area contributed by atoms with E-state index in [2.05, 4.69) is 0 Å². The highest BCUT2D eigenvalue weighted by molar-refractivity contribution is 6.18. The molecule has 0 aliphatic carbocycles. The summed E-state index contributed by atoms with van der Waals surface area (Å²) in [6.07, 6.45) is 3.25. The van der Waals surface area contributed by atoms with E-state index >= 15 is 0 Å². The number of carbonyl (C=O) groups is 1. The lowest BCUT2D eigenvalue weighted by molar-refractivity contribution is -0.160. The standard InChI is InChI=1S/C9H13BO3/c1-9(13-8(11)5-10)4-6-2-3-7(9)12-6/h6-7H,2-5H2,1H3. The van der Waals surface area contributed by atoms with Crippen LogP contribution in [-0.4, -0.2) is 31.6 Å². The van der Waals surface area contributed by atoms with Crippen molar-refractivity contribution < 1.29 is 14.3 Å². The Balaban J connectivity index is 2.01. The maximum Gasteiger partial charge on any atom is 0.297 e. The summed E-state index contributed by atoms with van der Waals surface area (Å²) >= 11 is 0. The van der Waals surface area contributed by atoms with Gasteiger partial charge in [-0.3, -0.25) is 4.79 Å². The van der Waals surface area contributed by atoms with Crippen LogP contribution in [0.3, 0.4) is 0 Å². The Kier molecular flexibility index (Phi) is 2.10. The molecular weight excluding hydrogens is 167 g/mol. The van der Waals surface area contributed by atoms with Crippen LogP contribution >= 0.6 is 0 Å². The van der Waals surface area contributed by atoms with Gasteiger partial charge in [-0.2, -0.15) is 0 Å². The van der Waals surface area contributed by atoms with Crippen LogP contribution in [0, 0.1) is 0 Å². The summed E-state index contributed by atoms with van der Waals surface area (Å²) in [7, 11) is 5.19. The van der Waals surface area contributed by atoms with Crippen molar-refractivity contribution in [2.24, 2.45) is 0 Å². The van der Waals surface area contributed by atoms with Gasteiger partial charge in [-0.25, -0.2) is 0 Å². The Bertz CT molecular complexity index is 231. The van der Waals surface area contributed by atoms with Gasteiger partial charge in [0.2, 0.25) is 0 Å². The monoisotopic (exact) mass is 180 g/mol. The third-order valence-corrected chi connectivity index (χ3v) is 2.94. The molecule has 2 saturated heterocycles. The minimum Gasteiger partial charge on any atom is -0.457 e. The maximum absolute atomic E-state index is 11.0. The highest BCUT2D eigenvalue weighted by Gasteiger charge is 2.51. The first-order valence-electron chi connectivity index (χ1n) is 4.71. The van der Waals surface area contributed by atoms with Crippen LogP contribution < -0.4 is 0 Å². The molecule has 3 unspecified atom stereocenters. The molecule has 2 rings (SSSR count). The Labute approximate surface area is 79.2 Å². The molecule has 2 radical (unpaired) electrons. The summed E-state index contributed by atoms with van der Waals surface area (Å²) in [6.45, 7) is 1.93. The summed E-state index contributed by atoms with van der Waals surface area (Å²) in [5.74, 6) is -0.335. The van der Waals surface area contributed by atoms with Gasteiger partial charge in [0.15, 0.2) is 0 Å². The predicted octanol–water partition coefficient (Wildman–Crippen LogP) is 0.826. The van der Waals surface area contributed by atoms with Crippen molar-refractivity contribution in [3.8, 4) is 0 Å². The van der Waals surface area contributed by atoms with Gasteiger partial charge in [-0.15, -0.1) is 0 Å². The molecule has 0 amide bonds. The van der Waals surface area contributed by atoms with E-state index in [1.807, 2.05) is 6.92 Å². The molecule has 13 heavy (non-hydrogen) atoms. The fourth-order valence-corrected chi connectivity index (χ4v) is 2.30. The predicted molar refractivity (Wildman–Crippen MR) is 47.6 cm³/mol. The lowest BCUT2D eigenvalue weighted by atomic mass is 9.86. The molecular formula is C9H13BO3. The quantitative estimate of drug-likeness (QED) is 0.466. The normalized spacial score (nSPS) is 42.2. The average molecular weight is 180 g/mol. The summed E-state index contributed by atoms with van der Waals surface area (Å²) in [4.78, 5) is 11.0. The van der Waals surface area contributed by atoms with E-state index in [-0.39, 0.29) is 18.4 Å². The van der Waals surface area contributed by atoms with E-state index in [0.29, 0.717) is 6.10 Å². The largest absolute Gasteiger partial charge is 0.457 e. The van der Waals surface area contributed by atoms with Gasteiger partial charge in [0.05, 0.1) is 20.1 Å². The number of fused-ring (bicyclic) bond motifs is 2. The third kappa shape index (κ3) is 1.48. The minimum absolute atomic E-state index is 0.0486. The fraction of sp³-hybridized carbons (Fsp3) is 0.889. The Morgan fingerprint density at radius 1 is 1.69 bits per heavy atom. The van der Waals surface area contributed by atoms with Gasteiger partial charge in [0.1, 0.15) is 5.60 Å². The van der Waals surface area contributed by atoms with E-state index in [1.54, 1.807) is 0 Å². The van der Waals surface area contributed by atoms with E-state index in [0.717, 1.165) is 19.3 Å². The van der Waals surface area contributed by atoms with Crippen LogP contribution in [0.1, 0.15) is 26.2 Å². The van der Waals surface area contributed by atoms with Crippen molar-refractivity contribution in [1.29, 1.82) is 0 Å². The lowest BCUT2D eigenvalue weighted by Gasteiger charge is -2.30. The zero-order valence-electron chi connectivity index (χ0n) is 7.79. The van der Waals surface area contributed by atoms with Gasteiger partial charge in [0.25, 0.3) is 5.97 Å². The number of carbonyl (C=O) groups excluding carboxylic acids is 1. The van der Waals surface area contributed by atoms with Gasteiger partial charge >= 0.3 is 0 Å². The molecule has 3 nitrogen and oxygen atoms in total. The lowest BCUT2D eigenvalue weighted by Crippen LogP contribution is -2.41. The van der Waals surface area contributed by atoms with Crippen molar-refractivity contribution in [1.82, 2.24) is 0 Å². The molecule has 0 saturated carbocycles. The Morgan fingerprint density at radius 3 is 2.92 bits per heavy atom. The molecule has 0 N–H and O–H groups in total. The number of esters is 1. The second kappa shape index (κ2) is 3.01. The molecule has 4 heteroatoms. The van der Waals surface area contributed by atoms with Crippen LogP contribution in [0.15, 0.2) is 0 Å². The molecule has 2 aliphatic heterocycles. The van der Waals surface area contributed by atoms with Crippen molar-refractivity contribution in [2.45, 2.75) is 50.3 Å². The van der Waals surface area contributed by atoms with Crippen LogP contribution in [0.5, 0.6) is 0 Å². The molecule has 0 aromatic heterocycles. The number of rotatable bonds is 2. The van der Waals surface area contributed by atoms with Crippen LogP contribution in [-0.2, 0) is 14.3 Å². The third-order valence-electron chi connectivity index (χ3n) is 2.94. The molecule has 3 atom stereocenters. The Morgan fingerprint density at radius 2 is 2.46 bits per heavy atom. The van der Waals surface area contributed by atoms with E-state index in [9.17, 15) is 4.79 Å². The summed E-state index contributed by atoms with van der Waals surface area (Å²) in [5, 5.41) is 0. The maximum atomic E-state index is 11.0. The summed E-state index contributed by atoms with van der Waals surface area (Å²) in [6, 6.07) is 0. The van der Waals surface area contributed by atoms with E-state index in [1.165, 1.54) is 0 Å². The zero-order chi connectivity index (χ0) is 9.47. The zero-order valence-corrected chi connectivity index (χ0v) is 7.79. The minimum atomic E-state index is -0.417. The second-order valence-corrected chi connectivity index (χ2v) is 4.02. The van der Waals surface area contributed by atoms with E-state index < -0.39 is 5.60 Å². The smallest absolute Gasteiger partial charge is 0.297 e. The highest BCUT2D eigenvalue weighted by Crippen LogP contribution is 2.43. The topological polar surface area (TPSA) is 35.5 Å². The van der Waals surface area contributed by atoms with Crippen LogP contribution in [0.25, 0.3) is 0 Å². The van der Waals surface area contributed by atoms with Crippen molar-refractivity contribution in [3.05, 3.63) is 0 Å². The molecule has 2 fully saturated rings. The van der Waals surface area contributed by atoms with Gasteiger partial charge in [-0.05, 0) is 19.8 Å². The van der Waals surface area contributed by atoms with Gasteiger partial charge in [0, 0.05) is 12.7 Å². The Hall–Kier alpha value is -0.505. The number of hydrogen-bond acceptors (Lipinski definition) is 3. The van der Waals surface area contributed by atoms with Gasteiger partial charge in [-0.1, -0.05) is 0 Å². The molecule has 2 heterocycles. The summed E-state index contributed by atoms with van der Waals surface area (Å²) in [5.41, 5.74) is -0.417. The molecule has 0 aromatic carbocycles. The van der Waals surface area contributed by atoms with E-state index in [4.69, 9.17) is 17.3 Å². The first kappa shape index (κ1) is 9.07. The van der Waals surface area contributed by atoms with Crippen molar-refractivity contribution in [3.63, 3.8) is 0 Å². The number of hydrogen-bond donors (Lipinski definition) is 0. The average Bonchev–Trinajstić information content (AvgIpc) is 2.62. The molecule has 70 valence electrons. The fourth-order valence-electron chi connectivity index (χ4n) is 2.30. The SMILES string of the molecule is [B]CC(=O)OC1(C)CC2CCC1O2. The first-order valence-corrected chi connectivity index (χ1v) is 4.71. The van der Waals surface area contributed by atoms with Gasteiger partial charge < -0.3 is 9.47 Å². The van der Waals surface area contributed by atoms with Crippen molar-refractivity contribution in [2.75, 3.05) is 0 Å². The highest BCUT2D eigenvalue weighted by atomic mass is 16.6. The van der Waals surface area contributed by atoms with Crippen molar-refractivity contribution >= 4 is 13.8 Å². The van der Waals surface area contributed by atoms with Crippen LogP contribution in [0.4, 0.5) is 0 Å². The molecule has 0 spiro atoms. The second-order valence-electron chi connectivity index (χ2n) is 4.02. The first-order chi connectivity index (χ1) is 6.14. The van der Waals surface area contributed by atoms with Crippen LogP contribution in [0.2, 0.25) is 6.32 Å². The molecule has 2 aliphatic rings.